The largest absolute Gasteiger partial charge is 0.544 e. The first-order chi connectivity index (χ1) is 15.1. The van der Waals surface area contributed by atoms with Crippen molar-refractivity contribution in [3.63, 3.8) is 0 Å². The van der Waals surface area contributed by atoms with Gasteiger partial charge in [0.15, 0.2) is 0 Å². The zero-order chi connectivity index (χ0) is 23.2. The molecule has 5 nitrogen and oxygen atoms in total. The second-order valence-corrected chi connectivity index (χ2v) is 15.1. The highest BCUT2D eigenvalue weighted by Crippen LogP contribution is 2.64. The molecule has 0 amide bonds. The van der Waals surface area contributed by atoms with Crippen molar-refractivity contribution in [2.45, 2.75) is 57.3 Å². The maximum absolute atomic E-state index is 13.0. The van der Waals surface area contributed by atoms with E-state index in [1.54, 1.807) is 6.26 Å². The molecule has 0 aromatic heterocycles. The van der Waals surface area contributed by atoms with Crippen molar-refractivity contribution in [2.24, 2.45) is 5.41 Å². The van der Waals surface area contributed by atoms with Gasteiger partial charge in [-0.2, -0.15) is 0 Å². The SMILES string of the molecule is COC(=O)C1(C2(c3ccc(O[Si](C)(C)C(C)(C)C)cc3)NOC=C2c2ccccc2)CC1. The van der Waals surface area contributed by atoms with Crippen molar-refractivity contribution in [1.82, 2.24) is 5.48 Å². The number of hydroxylamine groups is 1. The van der Waals surface area contributed by atoms with Crippen molar-refractivity contribution < 1.29 is 18.8 Å². The van der Waals surface area contributed by atoms with Gasteiger partial charge in [0, 0.05) is 5.57 Å². The number of esters is 1. The summed E-state index contributed by atoms with van der Waals surface area (Å²) in [6.45, 7) is 11.2. The van der Waals surface area contributed by atoms with E-state index < -0.39 is 19.3 Å². The lowest BCUT2D eigenvalue weighted by Gasteiger charge is -2.38. The van der Waals surface area contributed by atoms with Crippen LogP contribution in [0.5, 0.6) is 5.75 Å². The first-order valence-corrected chi connectivity index (χ1v) is 14.1. The molecule has 6 heteroatoms. The average molecular weight is 452 g/mol. The van der Waals surface area contributed by atoms with Gasteiger partial charge >= 0.3 is 5.97 Å². The molecule has 1 N–H and O–H groups in total. The zero-order valence-corrected chi connectivity index (χ0v) is 20.8. The first-order valence-electron chi connectivity index (χ1n) is 11.1. The summed E-state index contributed by atoms with van der Waals surface area (Å²) in [6.07, 6.45) is 3.17. The summed E-state index contributed by atoms with van der Waals surface area (Å²) in [5.41, 5.74) is 4.56. The van der Waals surface area contributed by atoms with Crippen LogP contribution >= 0.6 is 0 Å². The monoisotopic (exact) mass is 451 g/mol. The molecule has 1 unspecified atom stereocenters. The second-order valence-electron chi connectivity index (χ2n) is 10.3. The van der Waals surface area contributed by atoms with Gasteiger partial charge in [-0.05, 0) is 54.2 Å². The summed E-state index contributed by atoms with van der Waals surface area (Å²) in [6, 6.07) is 18.2. The van der Waals surface area contributed by atoms with Gasteiger partial charge < -0.3 is 14.0 Å². The van der Waals surface area contributed by atoms with E-state index in [4.69, 9.17) is 14.0 Å². The van der Waals surface area contributed by atoms with Gasteiger partial charge in [0.1, 0.15) is 17.6 Å². The number of hydrogen-bond donors (Lipinski definition) is 1. The van der Waals surface area contributed by atoms with Gasteiger partial charge in [0.25, 0.3) is 0 Å². The number of nitrogens with one attached hydrogen (secondary N) is 1. The molecule has 1 aliphatic carbocycles. The molecule has 2 aromatic carbocycles. The lowest BCUT2D eigenvalue weighted by molar-refractivity contribution is -0.151. The summed E-state index contributed by atoms with van der Waals surface area (Å²) in [5, 5.41) is 0.111. The Morgan fingerprint density at radius 3 is 2.19 bits per heavy atom. The maximum atomic E-state index is 13.0. The van der Waals surface area contributed by atoms with E-state index in [1.807, 2.05) is 54.6 Å². The summed E-state index contributed by atoms with van der Waals surface area (Å²) < 4.78 is 11.7. The lowest BCUT2D eigenvalue weighted by atomic mass is 9.69. The third-order valence-corrected chi connectivity index (χ3v) is 11.7. The molecule has 170 valence electrons. The molecular formula is C26H33NO4Si. The van der Waals surface area contributed by atoms with Gasteiger partial charge in [-0.1, -0.05) is 63.2 Å². The quantitative estimate of drug-likeness (QED) is 0.445. The molecule has 2 aromatic rings. The van der Waals surface area contributed by atoms with Crippen molar-refractivity contribution in [1.29, 1.82) is 0 Å². The Morgan fingerprint density at radius 2 is 1.66 bits per heavy atom. The number of methoxy groups -OCH3 is 1. The van der Waals surface area contributed by atoms with E-state index in [2.05, 4.69) is 39.3 Å². The highest BCUT2D eigenvalue weighted by atomic mass is 28.4. The molecule has 1 saturated carbocycles. The highest BCUT2D eigenvalue weighted by Gasteiger charge is 2.69. The molecular weight excluding hydrogens is 418 g/mol. The van der Waals surface area contributed by atoms with E-state index in [0.29, 0.717) is 0 Å². The normalized spacial score (nSPS) is 22.0. The van der Waals surface area contributed by atoms with Crippen LogP contribution in [0.2, 0.25) is 18.1 Å². The molecule has 1 fully saturated rings. The fourth-order valence-corrected chi connectivity index (χ4v) is 5.37. The maximum Gasteiger partial charge on any atom is 0.314 e. The number of benzene rings is 2. The van der Waals surface area contributed by atoms with Crippen molar-refractivity contribution >= 4 is 19.9 Å². The Bertz CT molecular complexity index is 1020. The van der Waals surface area contributed by atoms with E-state index in [-0.39, 0.29) is 11.0 Å². The minimum absolute atomic E-state index is 0.111. The average Bonchev–Trinajstić information content (AvgIpc) is 3.46. The highest BCUT2D eigenvalue weighted by molar-refractivity contribution is 6.74. The topological polar surface area (TPSA) is 56.8 Å². The van der Waals surface area contributed by atoms with Crippen molar-refractivity contribution in [3.8, 4) is 5.75 Å². The number of ether oxygens (including phenoxy) is 1. The minimum atomic E-state index is -1.95. The van der Waals surface area contributed by atoms with Crippen LogP contribution in [0.25, 0.3) is 5.57 Å². The standard InChI is InChI=1S/C26H33NO4Si/c1-24(2,3)32(5,6)31-21-14-12-20(13-15-21)26(25(16-17-25)23(28)29-4)22(18-30-27-26)19-10-8-7-9-11-19/h7-15,18,27H,16-17H2,1-6H3. The van der Waals surface area contributed by atoms with Crippen molar-refractivity contribution in [2.75, 3.05) is 7.11 Å². The lowest BCUT2D eigenvalue weighted by Crippen LogP contribution is -2.51. The second kappa shape index (κ2) is 7.78. The van der Waals surface area contributed by atoms with Gasteiger partial charge in [-0.15, -0.1) is 5.48 Å². The Hall–Kier alpha value is -2.57. The van der Waals surface area contributed by atoms with Crippen LogP contribution in [0.3, 0.4) is 0 Å². The van der Waals surface area contributed by atoms with Crippen LogP contribution in [-0.2, 0) is 19.9 Å². The molecule has 2 aliphatic rings. The Kier molecular flexibility index (Phi) is 5.50. The predicted molar refractivity (Wildman–Crippen MR) is 128 cm³/mol. The van der Waals surface area contributed by atoms with Crippen LogP contribution in [0.15, 0.2) is 60.9 Å². The van der Waals surface area contributed by atoms with E-state index in [0.717, 1.165) is 35.3 Å². The fourth-order valence-electron chi connectivity index (χ4n) is 4.34. The molecule has 1 atom stereocenters. The molecule has 32 heavy (non-hydrogen) atoms. The summed E-state index contributed by atoms with van der Waals surface area (Å²) in [7, 11) is -0.501. The smallest absolute Gasteiger partial charge is 0.314 e. The summed E-state index contributed by atoms with van der Waals surface area (Å²) in [5.74, 6) is 0.626. The van der Waals surface area contributed by atoms with Crippen LogP contribution < -0.4 is 9.91 Å². The van der Waals surface area contributed by atoms with Crippen LogP contribution in [0.4, 0.5) is 0 Å². The minimum Gasteiger partial charge on any atom is -0.544 e. The van der Waals surface area contributed by atoms with Crippen molar-refractivity contribution in [3.05, 3.63) is 72.0 Å². The molecule has 1 aliphatic heterocycles. The van der Waals surface area contributed by atoms with Crippen LogP contribution in [-0.4, -0.2) is 21.4 Å². The number of rotatable bonds is 6. The Balaban J connectivity index is 1.78. The van der Waals surface area contributed by atoms with Gasteiger partial charge in [0.2, 0.25) is 8.32 Å². The van der Waals surface area contributed by atoms with E-state index in [1.165, 1.54) is 7.11 Å². The van der Waals surface area contributed by atoms with E-state index >= 15 is 0 Å². The summed E-state index contributed by atoms with van der Waals surface area (Å²) >= 11 is 0. The van der Waals surface area contributed by atoms with Gasteiger partial charge in [0.05, 0.1) is 12.5 Å². The predicted octanol–water partition coefficient (Wildman–Crippen LogP) is 5.80. The molecule has 0 radical (unpaired) electrons. The molecule has 4 rings (SSSR count). The van der Waals surface area contributed by atoms with Crippen LogP contribution in [0.1, 0.15) is 44.7 Å². The van der Waals surface area contributed by atoms with E-state index in [9.17, 15) is 4.79 Å². The van der Waals surface area contributed by atoms with Gasteiger partial charge in [-0.25, -0.2) is 0 Å². The molecule has 0 spiro atoms. The number of hydrogen-bond acceptors (Lipinski definition) is 5. The summed E-state index contributed by atoms with van der Waals surface area (Å²) in [4.78, 5) is 18.8. The molecule has 0 saturated heterocycles. The van der Waals surface area contributed by atoms with Gasteiger partial charge in [-0.3, -0.25) is 4.79 Å². The third kappa shape index (κ3) is 3.46. The number of carbonyl (C=O) groups excluding carboxylic acids is 1. The molecule has 0 bridgehead atoms. The third-order valence-electron chi connectivity index (χ3n) is 7.39. The number of carbonyl (C=O) groups is 1. The Labute approximate surface area is 191 Å². The molecule has 1 heterocycles. The first kappa shape index (κ1) is 22.6. The fraction of sp³-hybridized carbons (Fsp3) is 0.423. The Morgan fingerprint density at radius 1 is 1.03 bits per heavy atom. The zero-order valence-electron chi connectivity index (χ0n) is 19.8. The van der Waals surface area contributed by atoms with Crippen LogP contribution in [0, 0.1) is 5.41 Å².